The van der Waals surface area contributed by atoms with Crippen molar-refractivity contribution in [2.75, 3.05) is 18.5 Å². The average molecular weight is 390 g/mol. The summed E-state index contributed by atoms with van der Waals surface area (Å²) in [6, 6.07) is 6.23. The molecule has 1 aliphatic rings. The van der Waals surface area contributed by atoms with Gasteiger partial charge in [0.05, 0.1) is 17.1 Å². The van der Waals surface area contributed by atoms with Crippen molar-refractivity contribution in [1.29, 1.82) is 0 Å². The van der Waals surface area contributed by atoms with Crippen LogP contribution < -0.4 is 5.32 Å². The largest absolute Gasteiger partial charge is 0.462 e. The van der Waals surface area contributed by atoms with Crippen molar-refractivity contribution in [3.8, 4) is 0 Å². The van der Waals surface area contributed by atoms with Crippen LogP contribution in [-0.2, 0) is 14.3 Å². The van der Waals surface area contributed by atoms with Gasteiger partial charge in [0.2, 0.25) is 5.91 Å². The lowest BCUT2D eigenvalue weighted by Gasteiger charge is -2.12. The van der Waals surface area contributed by atoms with Crippen molar-refractivity contribution in [2.24, 2.45) is 0 Å². The molecule has 1 saturated heterocycles. The molecule has 0 spiro atoms. The number of rotatable bonds is 7. The molecule has 1 heterocycles. The highest BCUT2D eigenvalue weighted by atomic mass is 32.2. The zero-order valence-corrected chi connectivity index (χ0v) is 16.4. The molecule has 0 bridgehead atoms. The number of nitrogens with one attached hydrogen (secondary N) is 1. The first-order valence-corrected chi connectivity index (χ1v) is 9.43. The van der Waals surface area contributed by atoms with Gasteiger partial charge in [0.1, 0.15) is 6.54 Å². The number of carbonyl (C=O) groups is 4. The normalized spacial score (nSPS) is 13.7. The molecule has 27 heavy (non-hydrogen) atoms. The summed E-state index contributed by atoms with van der Waals surface area (Å²) in [5.74, 6) is -1.36. The highest BCUT2D eigenvalue weighted by Gasteiger charge is 2.36. The van der Waals surface area contributed by atoms with E-state index >= 15 is 0 Å². The Morgan fingerprint density at radius 3 is 2.37 bits per heavy atom. The molecule has 3 amide bonds. The van der Waals surface area contributed by atoms with Gasteiger partial charge in [0.25, 0.3) is 11.1 Å². The fraction of sp³-hybridized carbons (Fsp3) is 0.368. The minimum Gasteiger partial charge on any atom is -0.462 e. The minimum absolute atomic E-state index is 0.359. The van der Waals surface area contributed by atoms with Crippen LogP contribution in [0.3, 0.4) is 0 Å². The van der Waals surface area contributed by atoms with Gasteiger partial charge in [-0.1, -0.05) is 18.9 Å². The van der Waals surface area contributed by atoms with Gasteiger partial charge < -0.3 is 10.1 Å². The third-order valence-corrected chi connectivity index (χ3v) is 4.92. The molecule has 8 heteroatoms. The number of anilines is 1. The third kappa shape index (κ3) is 5.43. The molecule has 1 aliphatic heterocycles. The first-order chi connectivity index (χ1) is 12.8. The zero-order chi connectivity index (χ0) is 20.0. The van der Waals surface area contributed by atoms with Crippen molar-refractivity contribution in [3.05, 3.63) is 40.3 Å². The number of benzene rings is 1. The van der Waals surface area contributed by atoms with Gasteiger partial charge >= 0.3 is 5.97 Å². The smallest absolute Gasteiger partial charge is 0.338 e. The van der Waals surface area contributed by atoms with Crippen molar-refractivity contribution < 1.29 is 23.9 Å². The van der Waals surface area contributed by atoms with Crippen LogP contribution in [0.15, 0.2) is 34.7 Å². The number of imide groups is 1. The lowest BCUT2D eigenvalue weighted by atomic mass is 10.2. The Morgan fingerprint density at radius 2 is 1.81 bits per heavy atom. The SMILES string of the molecule is CCCCOC(=O)c1ccc(NC(=O)CN2C(=O)SC(=C(C)C)C2=O)cc1. The van der Waals surface area contributed by atoms with E-state index in [1.165, 1.54) is 0 Å². The van der Waals surface area contributed by atoms with Gasteiger partial charge in [0.15, 0.2) is 0 Å². The number of hydrogen-bond donors (Lipinski definition) is 1. The molecule has 0 aromatic heterocycles. The molecule has 0 saturated carbocycles. The maximum atomic E-state index is 12.2. The lowest BCUT2D eigenvalue weighted by Crippen LogP contribution is -2.36. The van der Waals surface area contributed by atoms with Crippen LogP contribution in [-0.4, -0.2) is 41.1 Å². The molecule has 7 nitrogen and oxygen atoms in total. The van der Waals surface area contributed by atoms with Gasteiger partial charge in [-0.2, -0.15) is 0 Å². The molecule has 0 radical (unpaired) electrons. The van der Waals surface area contributed by atoms with Gasteiger partial charge in [-0.15, -0.1) is 0 Å². The number of thioether (sulfide) groups is 1. The molecule has 144 valence electrons. The third-order valence-electron chi connectivity index (χ3n) is 3.74. The van der Waals surface area contributed by atoms with E-state index in [-0.39, 0.29) is 6.54 Å². The van der Waals surface area contributed by atoms with Crippen LogP contribution in [0.4, 0.5) is 10.5 Å². The second kappa shape index (κ2) is 9.36. The summed E-state index contributed by atoms with van der Waals surface area (Å²) in [4.78, 5) is 49.4. The number of amides is 3. The van der Waals surface area contributed by atoms with Crippen LogP contribution in [0, 0.1) is 0 Å². The van der Waals surface area contributed by atoms with E-state index in [9.17, 15) is 19.2 Å². The predicted octanol–water partition coefficient (Wildman–Crippen LogP) is 3.57. The maximum Gasteiger partial charge on any atom is 0.338 e. The van der Waals surface area contributed by atoms with Gasteiger partial charge in [-0.25, -0.2) is 4.79 Å². The van der Waals surface area contributed by atoms with E-state index in [4.69, 9.17) is 4.74 Å². The number of ether oxygens (including phenoxy) is 1. The van der Waals surface area contributed by atoms with Gasteiger partial charge in [-0.05, 0) is 56.3 Å². The number of unbranched alkanes of at least 4 members (excludes halogenated alkanes) is 1. The second-order valence-electron chi connectivity index (χ2n) is 6.20. The Labute approximate surface area is 162 Å². The lowest BCUT2D eigenvalue weighted by molar-refractivity contribution is -0.127. The summed E-state index contributed by atoms with van der Waals surface area (Å²) in [6.07, 6.45) is 1.74. The highest BCUT2D eigenvalue weighted by Crippen LogP contribution is 2.32. The number of esters is 1. The summed E-state index contributed by atoms with van der Waals surface area (Å²) >= 11 is 0.837. The van der Waals surface area contributed by atoms with Crippen LogP contribution in [0.25, 0.3) is 0 Å². The average Bonchev–Trinajstić information content (AvgIpc) is 2.91. The van der Waals surface area contributed by atoms with Gasteiger partial charge in [-0.3, -0.25) is 19.3 Å². The molecule has 0 aliphatic carbocycles. The summed E-state index contributed by atoms with van der Waals surface area (Å²) in [6.45, 7) is 5.51. The summed E-state index contributed by atoms with van der Waals surface area (Å²) in [7, 11) is 0. The quantitative estimate of drug-likeness (QED) is 0.435. The number of hydrogen-bond acceptors (Lipinski definition) is 6. The van der Waals surface area contributed by atoms with Crippen LogP contribution in [0.1, 0.15) is 44.0 Å². The van der Waals surface area contributed by atoms with Crippen LogP contribution in [0.5, 0.6) is 0 Å². The summed E-state index contributed by atoms with van der Waals surface area (Å²) in [5, 5.41) is 2.15. The number of allylic oxidation sites excluding steroid dienone is 1. The molecule has 2 rings (SSSR count). The van der Waals surface area contributed by atoms with Crippen molar-refractivity contribution in [2.45, 2.75) is 33.6 Å². The monoisotopic (exact) mass is 390 g/mol. The zero-order valence-electron chi connectivity index (χ0n) is 15.5. The second-order valence-corrected chi connectivity index (χ2v) is 7.17. The van der Waals surface area contributed by atoms with E-state index in [0.29, 0.717) is 22.8 Å². The highest BCUT2D eigenvalue weighted by molar-refractivity contribution is 8.18. The molecule has 1 N–H and O–H groups in total. The fourth-order valence-corrected chi connectivity index (χ4v) is 3.10. The number of carbonyl (C=O) groups excluding carboxylic acids is 4. The molecule has 1 aromatic carbocycles. The molecular weight excluding hydrogens is 368 g/mol. The van der Waals surface area contributed by atoms with E-state index in [1.54, 1.807) is 38.1 Å². The topological polar surface area (TPSA) is 92.8 Å². The number of nitrogens with zero attached hydrogens (tertiary/aromatic N) is 1. The van der Waals surface area contributed by atoms with Crippen LogP contribution in [0.2, 0.25) is 0 Å². The van der Waals surface area contributed by atoms with Crippen molar-refractivity contribution in [1.82, 2.24) is 4.90 Å². The summed E-state index contributed by atoms with van der Waals surface area (Å²) < 4.78 is 5.12. The first-order valence-electron chi connectivity index (χ1n) is 8.61. The van der Waals surface area contributed by atoms with E-state index in [1.807, 2.05) is 6.92 Å². The maximum absolute atomic E-state index is 12.2. The first kappa shape index (κ1) is 20.7. The van der Waals surface area contributed by atoms with Crippen LogP contribution >= 0.6 is 11.8 Å². The van der Waals surface area contributed by atoms with Crippen molar-refractivity contribution in [3.63, 3.8) is 0 Å². The molecule has 0 atom stereocenters. The molecular formula is C19H22N2O5S. The minimum atomic E-state index is -0.495. The van der Waals surface area contributed by atoms with E-state index in [2.05, 4.69) is 5.32 Å². The Kier molecular flexibility index (Phi) is 7.18. The van der Waals surface area contributed by atoms with Crippen molar-refractivity contribution >= 4 is 40.5 Å². The molecule has 0 unspecified atom stereocenters. The molecule has 1 aromatic rings. The Morgan fingerprint density at radius 1 is 1.15 bits per heavy atom. The van der Waals surface area contributed by atoms with E-state index in [0.717, 1.165) is 35.1 Å². The predicted molar refractivity (Wildman–Crippen MR) is 103 cm³/mol. The summed E-state index contributed by atoms with van der Waals surface area (Å²) in [5.41, 5.74) is 1.58. The Hall–Kier alpha value is -2.61. The Bertz CT molecular complexity index is 782. The standard InChI is InChI=1S/C19H22N2O5S/c1-4-5-10-26-18(24)13-6-8-14(9-7-13)20-15(22)11-21-17(23)16(12(2)3)27-19(21)25/h6-9H,4-5,10-11H2,1-3H3,(H,20,22). The van der Waals surface area contributed by atoms with E-state index < -0.39 is 23.0 Å². The Balaban J connectivity index is 1.93. The van der Waals surface area contributed by atoms with Gasteiger partial charge in [0, 0.05) is 5.69 Å². The molecule has 1 fully saturated rings. The fourth-order valence-electron chi connectivity index (χ4n) is 2.27.